The molecule has 1 saturated carbocycles. The summed E-state index contributed by atoms with van der Waals surface area (Å²) in [6, 6.07) is 7.28. The molecule has 4 heteroatoms. The van der Waals surface area contributed by atoms with Crippen molar-refractivity contribution in [3.63, 3.8) is 0 Å². The number of rotatable bonds is 6. The maximum Gasteiger partial charge on any atom is 0.123 e. The molecule has 0 radical (unpaired) electrons. The third-order valence-corrected chi connectivity index (χ3v) is 4.62. The highest BCUT2D eigenvalue weighted by Gasteiger charge is 2.31. The lowest BCUT2D eigenvalue weighted by Gasteiger charge is -2.38. The van der Waals surface area contributed by atoms with Crippen molar-refractivity contribution in [2.45, 2.75) is 37.3 Å². The van der Waals surface area contributed by atoms with Crippen LogP contribution < -0.4 is 5.32 Å². The van der Waals surface area contributed by atoms with Crippen LogP contribution in [0.5, 0.6) is 0 Å². The summed E-state index contributed by atoms with van der Waals surface area (Å²) >= 11 is 1.66. The summed E-state index contributed by atoms with van der Waals surface area (Å²) < 4.78 is 12.8. The van der Waals surface area contributed by atoms with E-state index in [9.17, 15) is 9.50 Å². The number of halogens is 1. The zero-order valence-corrected chi connectivity index (χ0v) is 12.3. The molecule has 0 heterocycles. The fourth-order valence-electron chi connectivity index (χ4n) is 2.52. The van der Waals surface area contributed by atoms with Crippen LogP contribution in [-0.4, -0.2) is 35.3 Å². The van der Waals surface area contributed by atoms with Crippen molar-refractivity contribution < 1.29 is 9.50 Å². The summed E-state index contributed by atoms with van der Waals surface area (Å²) in [6.07, 6.45) is 4.14. The maximum absolute atomic E-state index is 12.8. The van der Waals surface area contributed by atoms with Gasteiger partial charge in [-0.3, -0.25) is 0 Å². The minimum atomic E-state index is -0.639. The monoisotopic (exact) mass is 283 g/mol. The Morgan fingerprint density at radius 1 is 1.37 bits per heavy atom. The molecule has 2 rings (SSSR count). The van der Waals surface area contributed by atoms with Crippen molar-refractivity contribution in [1.82, 2.24) is 5.32 Å². The van der Waals surface area contributed by atoms with Gasteiger partial charge in [-0.25, -0.2) is 4.39 Å². The van der Waals surface area contributed by atoms with Gasteiger partial charge >= 0.3 is 0 Å². The lowest BCUT2D eigenvalue weighted by Crippen LogP contribution is -2.48. The fourth-order valence-corrected chi connectivity index (χ4v) is 3.24. The maximum atomic E-state index is 12.8. The Hall–Kier alpha value is -0.580. The molecule has 2 N–H and O–H groups in total. The van der Waals surface area contributed by atoms with Crippen LogP contribution in [0, 0.1) is 5.82 Å². The molecule has 1 aromatic rings. The Bertz CT molecular complexity index is 401. The topological polar surface area (TPSA) is 32.3 Å². The van der Waals surface area contributed by atoms with E-state index in [-0.39, 0.29) is 5.82 Å². The zero-order chi connectivity index (χ0) is 13.9. The first-order valence-electron chi connectivity index (χ1n) is 6.70. The lowest BCUT2D eigenvalue weighted by molar-refractivity contribution is 0.0756. The van der Waals surface area contributed by atoms with Gasteiger partial charge in [-0.15, -0.1) is 0 Å². The highest BCUT2D eigenvalue weighted by atomic mass is 32.2. The summed E-state index contributed by atoms with van der Waals surface area (Å²) in [6.45, 7) is 2.50. The highest BCUT2D eigenvalue weighted by Crippen LogP contribution is 2.36. The van der Waals surface area contributed by atoms with Crippen molar-refractivity contribution in [1.29, 1.82) is 0 Å². The van der Waals surface area contributed by atoms with Gasteiger partial charge in [-0.05, 0) is 49.6 Å². The average Bonchev–Trinajstić information content (AvgIpc) is 2.29. The molecule has 19 heavy (non-hydrogen) atoms. The molecule has 0 bridgehead atoms. The van der Waals surface area contributed by atoms with Crippen LogP contribution >= 0.6 is 11.8 Å². The average molecular weight is 283 g/mol. The van der Waals surface area contributed by atoms with E-state index >= 15 is 0 Å². The zero-order valence-electron chi connectivity index (χ0n) is 11.5. The summed E-state index contributed by atoms with van der Waals surface area (Å²) in [5, 5.41) is 13.5. The molecule has 1 fully saturated rings. The molecule has 1 aliphatic carbocycles. The van der Waals surface area contributed by atoms with E-state index in [0.717, 1.165) is 18.6 Å². The number of thioether (sulfide) groups is 1. The number of nitrogens with one attached hydrogen (secondary N) is 1. The third kappa shape index (κ3) is 4.20. The van der Waals surface area contributed by atoms with E-state index in [1.54, 1.807) is 11.8 Å². The largest absolute Gasteiger partial charge is 0.388 e. The second-order valence-electron chi connectivity index (χ2n) is 5.73. The minimum absolute atomic E-state index is 0.175. The molecule has 0 amide bonds. The Labute approximate surface area is 118 Å². The molecular weight excluding hydrogens is 261 g/mol. The van der Waals surface area contributed by atoms with Crippen LogP contribution in [-0.2, 0) is 0 Å². The predicted molar refractivity (Wildman–Crippen MR) is 79.2 cm³/mol. The quantitative estimate of drug-likeness (QED) is 0.842. The SMILES string of the molecule is CSCC(C)(O)CNC1CC(c2ccc(F)cc2)C1. The molecule has 2 nitrogen and oxygen atoms in total. The first-order chi connectivity index (χ1) is 9.00. The highest BCUT2D eigenvalue weighted by molar-refractivity contribution is 7.98. The van der Waals surface area contributed by atoms with Crippen molar-refractivity contribution in [3.05, 3.63) is 35.6 Å². The normalized spacial score (nSPS) is 25.7. The van der Waals surface area contributed by atoms with Gasteiger partial charge in [0, 0.05) is 18.3 Å². The summed E-state index contributed by atoms with van der Waals surface area (Å²) in [5.74, 6) is 1.10. The third-order valence-electron chi connectivity index (χ3n) is 3.71. The van der Waals surface area contributed by atoms with Crippen molar-refractivity contribution in [3.8, 4) is 0 Å². The van der Waals surface area contributed by atoms with E-state index in [2.05, 4.69) is 5.32 Å². The van der Waals surface area contributed by atoms with Gasteiger partial charge in [0.25, 0.3) is 0 Å². The van der Waals surface area contributed by atoms with Crippen LogP contribution in [0.2, 0.25) is 0 Å². The predicted octanol–water partition coefficient (Wildman–Crippen LogP) is 2.78. The standard InChI is InChI=1S/C15H22FNOS/c1-15(18,10-19-2)9-17-14-7-12(8-14)11-3-5-13(16)6-4-11/h3-6,12,14,17-18H,7-10H2,1-2H3. The van der Waals surface area contributed by atoms with Gasteiger partial charge in [0.15, 0.2) is 0 Å². The summed E-state index contributed by atoms with van der Waals surface area (Å²) in [5.41, 5.74) is 0.579. The van der Waals surface area contributed by atoms with Crippen LogP contribution in [0.4, 0.5) is 4.39 Å². The molecule has 1 unspecified atom stereocenters. The molecule has 1 aliphatic rings. The molecule has 1 aromatic carbocycles. The first-order valence-corrected chi connectivity index (χ1v) is 8.10. The second-order valence-corrected chi connectivity index (χ2v) is 6.59. The molecule has 0 aromatic heterocycles. The molecule has 1 atom stereocenters. The minimum Gasteiger partial charge on any atom is -0.388 e. The van der Waals surface area contributed by atoms with E-state index in [4.69, 9.17) is 0 Å². The summed E-state index contributed by atoms with van der Waals surface area (Å²) in [4.78, 5) is 0. The molecule has 0 saturated heterocycles. The molecular formula is C15H22FNOS. The number of aliphatic hydroxyl groups is 1. The van der Waals surface area contributed by atoms with Gasteiger partial charge in [0.2, 0.25) is 0 Å². The van der Waals surface area contributed by atoms with E-state index in [0.29, 0.717) is 18.5 Å². The van der Waals surface area contributed by atoms with Gasteiger partial charge in [0.05, 0.1) is 5.60 Å². The Morgan fingerprint density at radius 2 is 2.00 bits per heavy atom. The van der Waals surface area contributed by atoms with Crippen molar-refractivity contribution in [2.24, 2.45) is 0 Å². The smallest absolute Gasteiger partial charge is 0.123 e. The van der Waals surface area contributed by atoms with Crippen LogP contribution in [0.15, 0.2) is 24.3 Å². The number of hydrogen-bond acceptors (Lipinski definition) is 3. The summed E-state index contributed by atoms with van der Waals surface area (Å²) in [7, 11) is 0. The lowest BCUT2D eigenvalue weighted by atomic mass is 9.76. The Balaban J connectivity index is 1.73. The van der Waals surface area contributed by atoms with E-state index in [1.807, 2.05) is 25.3 Å². The number of hydrogen-bond donors (Lipinski definition) is 2. The van der Waals surface area contributed by atoms with E-state index < -0.39 is 5.60 Å². The fraction of sp³-hybridized carbons (Fsp3) is 0.600. The van der Waals surface area contributed by atoms with Gasteiger partial charge in [-0.2, -0.15) is 11.8 Å². The van der Waals surface area contributed by atoms with E-state index in [1.165, 1.54) is 17.7 Å². The van der Waals surface area contributed by atoms with Gasteiger partial charge < -0.3 is 10.4 Å². The van der Waals surface area contributed by atoms with Crippen molar-refractivity contribution in [2.75, 3.05) is 18.6 Å². The first kappa shape index (κ1) is 14.8. The van der Waals surface area contributed by atoms with Crippen LogP contribution in [0.1, 0.15) is 31.2 Å². The van der Waals surface area contributed by atoms with Crippen LogP contribution in [0.3, 0.4) is 0 Å². The molecule has 0 aliphatic heterocycles. The molecule has 0 spiro atoms. The molecule has 106 valence electrons. The Kier molecular flexibility index (Phi) is 4.87. The van der Waals surface area contributed by atoms with Gasteiger partial charge in [0.1, 0.15) is 5.82 Å². The van der Waals surface area contributed by atoms with Crippen molar-refractivity contribution >= 4 is 11.8 Å². The van der Waals surface area contributed by atoms with Gasteiger partial charge in [-0.1, -0.05) is 12.1 Å². The Morgan fingerprint density at radius 3 is 2.58 bits per heavy atom. The second kappa shape index (κ2) is 6.25. The number of benzene rings is 1. The van der Waals surface area contributed by atoms with Crippen LogP contribution in [0.25, 0.3) is 0 Å².